The number of nitrogens with zero attached hydrogens (tertiary/aromatic N) is 2. The van der Waals surface area contributed by atoms with Gasteiger partial charge in [0.25, 0.3) is 5.91 Å². The van der Waals surface area contributed by atoms with Gasteiger partial charge < -0.3 is 26.0 Å². The van der Waals surface area contributed by atoms with E-state index in [1.54, 1.807) is 17.1 Å². The van der Waals surface area contributed by atoms with E-state index < -0.39 is 11.9 Å². The van der Waals surface area contributed by atoms with Crippen molar-refractivity contribution in [2.45, 2.75) is 30.0 Å². The van der Waals surface area contributed by atoms with Crippen molar-refractivity contribution in [3.8, 4) is 0 Å². The predicted octanol–water partition coefficient (Wildman–Crippen LogP) is 0.201. The Morgan fingerprint density at radius 3 is 2.91 bits per heavy atom. The summed E-state index contributed by atoms with van der Waals surface area (Å²) in [6.45, 7) is 4.90. The average molecular weight is 357 g/mol. The average Bonchev–Trinajstić information content (AvgIpc) is 3.07. The molecule has 1 saturated heterocycles. The first-order valence-electron chi connectivity index (χ1n) is 6.86. The van der Waals surface area contributed by atoms with Crippen LogP contribution in [0.3, 0.4) is 0 Å². The number of nitrogens with one attached hydrogen (secondary N) is 2. The fourth-order valence-corrected chi connectivity index (χ4v) is 3.91. The number of oxime groups is 1. The SMILES string of the molecule is CON=C(C(=O)NC(C=O)C1NCC(C)(C)S1)c1csc(N)n1. The fourth-order valence-electron chi connectivity index (χ4n) is 2.07. The molecule has 23 heavy (non-hydrogen) atoms. The largest absolute Gasteiger partial charge is 0.398 e. The van der Waals surface area contributed by atoms with Gasteiger partial charge in [-0.3, -0.25) is 4.79 Å². The minimum absolute atomic E-state index is 0.00344. The summed E-state index contributed by atoms with van der Waals surface area (Å²) < 4.78 is 0.00344. The van der Waals surface area contributed by atoms with Crippen LogP contribution >= 0.6 is 23.1 Å². The monoisotopic (exact) mass is 357 g/mol. The summed E-state index contributed by atoms with van der Waals surface area (Å²) in [5.41, 5.74) is 5.87. The summed E-state index contributed by atoms with van der Waals surface area (Å²) in [6.07, 6.45) is 0.712. The van der Waals surface area contributed by atoms with Crippen molar-refractivity contribution < 1.29 is 14.4 Å². The highest BCUT2D eigenvalue weighted by Crippen LogP contribution is 2.33. The molecule has 2 unspecified atom stereocenters. The Hall–Kier alpha value is -1.65. The van der Waals surface area contributed by atoms with Crippen molar-refractivity contribution in [1.82, 2.24) is 15.6 Å². The van der Waals surface area contributed by atoms with Gasteiger partial charge in [-0.15, -0.1) is 23.1 Å². The standard InChI is InChI=1S/C13H19N5O3S2/c1-13(2)6-15-11(23-13)7(4-19)16-10(20)9(18-21-3)8-5-22-12(14)17-8/h4-5,7,11,15H,6H2,1-3H3,(H2,14,17)(H,16,20). The number of hydrogen-bond donors (Lipinski definition) is 3. The van der Waals surface area contributed by atoms with Gasteiger partial charge in [0.05, 0.1) is 5.37 Å². The number of hydrogen-bond acceptors (Lipinski definition) is 9. The van der Waals surface area contributed by atoms with E-state index in [4.69, 9.17) is 10.6 Å². The Morgan fingerprint density at radius 2 is 2.43 bits per heavy atom. The van der Waals surface area contributed by atoms with Crippen LogP contribution in [0.25, 0.3) is 0 Å². The molecule has 1 amide bonds. The van der Waals surface area contributed by atoms with Gasteiger partial charge in [0, 0.05) is 16.7 Å². The zero-order valence-electron chi connectivity index (χ0n) is 13.0. The summed E-state index contributed by atoms with van der Waals surface area (Å²) in [7, 11) is 1.33. The number of aldehydes is 1. The first kappa shape index (κ1) is 17.7. The van der Waals surface area contributed by atoms with Crippen LogP contribution in [-0.2, 0) is 14.4 Å². The number of carbonyl (C=O) groups excluding carboxylic acids is 2. The number of rotatable bonds is 6. The van der Waals surface area contributed by atoms with Crippen molar-refractivity contribution in [2.24, 2.45) is 5.16 Å². The highest BCUT2D eigenvalue weighted by atomic mass is 32.2. The van der Waals surface area contributed by atoms with Gasteiger partial charge in [0.15, 0.2) is 10.8 Å². The second kappa shape index (κ2) is 7.28. The molecule has 1 aliphatic heterocycles. The molecule has 8 nitrogen and oxygen atoms in total. The maximum absolute atomic E-state index is 12.4. The number of amides is 1. The van der Waals surface area contributed by atoms with E-state index in [2.05, 4.69) is 34.6 Å². The number of carbonyl (C=O) groups is 2. The molecule has 2 heterocycles. The zero-order chi connectivity index (χ0) is 17.0. The lowest BCUT2D eigenvalue weighted by atomic mass is 10.2. The van der Waals surface area contributed by atoms with Gasteiger partial charge in [0.1, 0.15) is 25.1 Å². The third-order valence-electron chi connectivity index (χ3n) is 3.11. The molecule has 10 heteroatoms. The molecule has 0 aromatic carbocycles. The Bertz CT molecular complexity index is 617. The highest BCUT2D eigenvalue weighted by Gasteiger charge is 2.37. The third-order valence-corrected chi connectivity index (χ3v) is 5.28. The molecule has 0 saturated carbocycles. The molecule has 0 bridgehead atoms. The van der Waals surface area contributed by atoms with E-state index in [1.807, 2.05) is 0 Å². The van der Waals surface area contributed by atoms with Crippen molar-refractivity contribution >= 4 is 46.1 Å². The predicted molar refractivity (Wildman–Crippen MR) is 91.5 cm³/mol. The van der Waals surface area contributed by atoms with Crippen LogP contribution in [0.1, 0.15) is 19.5 Å². The Labute approximate surface area is 142 Å². The molecule has 2 rings (SSSR count). The summed E-state index contributed by atoms with van der Waals surface area (Å²) in [5.74, 6) is -0.540. The molecule has 1 aromatic heterocycles. The summed E-state index contributed by atoms with van der Waals surface area (Å²) >= 11 is 2.80. The molecule has 126 valence electrons. The van der Waals surface area contributed by atoms with Gasteiger partial charge >= 0.3 is 0 Å². The minimum Gasteiger partial charge on any atom is -0.398 e. The Kier molecular flexibility index (Phi) is 5.60. The van der Waals surface area contributed by atoms with E-state index in [-0.39, 0.29) is 15.8 Å². The van der Waals surface area contributed by atoms with Crippen LogP contribution in [0.2, 0.25) is 0 Å². The van der Waals surface area contributed by atoms with E-state index in [9.17, 15) is 9.59 Å². The van der Waals surface area contributed by atoms with E-state index >= 15 is 0 Å². The number of thioether (sulfide) groups is 1. The number of aromatic nitrogens is 1. The Balaban J connectivity index is 2.11. The second-order valence-electron chi connectivity index (χ2n) is 5.51. The smallest absolute Gasteiger partial charge is 0.276 e. The van der Waals surface area contributed by atoms with Crippen molar-refractivity contribution in [3.05, 3.63) is 11.1 Å². The van der Waals surface area contributed by atoms with Crippen LogP contribution in [0.15, 0.2) is 10.5 Å². The molecule has 0 radical (unpaired) electrons. The molecule has 1 aromatic rings. The number of nitrogen functional groups attached to an aromatic ring is 1. The zero-order valence-corrected chi connectivity index (χ0v) is 14.7. The van der Waals surface area contributed by atoms with Gasteiger partial charge in [0.2, 0.25) is 0 Å². The van der Waals surface area contributed by atoms with Gasteiger partial charge in [-0.2, -0.15) is 0 Å². The topological polar surface area (TPSA) is 119 Å². The minimum atomic E-state index is -0.688. The first-order chi connectivity index (χ1) is 10.9. The quantitative estimate of drug-likeness (QED) is 0.378. The summed E-state index contributed by atoms with van der Waals surface area (Å²) in [4.78, 5) is 32.5. The second-order valence-corrected chi connectivity index (χ2v) is 8.25. The van der Waals surface area contributed by atoms with Crippen molar-refractivity contribution in [1.29, 1.82) is 0 Å². The lowest BCUT2D eigenvalue weighted by Crippen LogP contribution is -2.49. The molecule has 1 fully saturated rings. The van der Waals surface area contributed by atoms with Crippen LogP contribution < -0.4 is 16.4 Å². The van der Waals surface area contributed by atoms with Gasteiger partial charge in [-0.25, -0.2) is 4.98 Å². The van der Waals surface area contributed by atoms with Crippen molar-refractivity contribution in [3.63, 3.8) is 0 Å². The first-order valence-corrected chi connectivity index (χ1v) is 8.62. The van der Waals surface area contributed by atoms with Crippen LogP contribution in [0, 0.1) is 0 Å². The van der Waals surface area contributed by atoms with Gasteiger partial charge in [-0.1, -0.05) is 5.16 Å². The lowest BCUT2D eigenvalue weighted by molar-refractivity contribution is -0.119. The maximum atomic E-state index is 12.4. The van der Waals surface area contributed by atoms with Crippen molar-refractivity contribution in [2.75, 3.05) is 19.4 Å². The molecular formula is C13H19N5O3S2. The molecular weight excluding hydrogens is 338 g/mol. The molecule has 0 aliphatic carbocycles. The fraction of sp³-hybridized carbons (Fsp3) is 0.538. The van der Waals surface area contributed by atoms with E-state index in [0.717, 1.165) is 6.54 Å². The number of thiazole rings is 1. The van der Waals surface area contributed by atoms with Crippen LogP contribution in [-0.4, -0.2) is 52.7 Å². The molecule has 2 atom stereocenters. The molecule has 0 spiro atoms. The third kappa shape index (κ3) is 4.43. The van der Waals surface area contributed by atoms with Gasteiger partial charge in [-0.05, 0) is 13.8 Å². The molecule has 1 aliphatic rings. The normalized spacial score (nSPS) is 21.7. The number of nitrogens with two attached hydrogens (primary N) is 1. The Morgan fingerprint density at radius 1 is 1.70 bits per heavy atom. The lowest BCUT2D eigenvalue weighted by Gasteiger charge is -2.21. The van der Waals surface area contributed by atoms with E-state index in [0.29, 0.717) is 17.1 Å². The molecule has 4 N–H and O–H groups in total. The van der Waals surface area contributed by atoms with Crippen LogP contribution in [0.4, 0.5) is 5.13 Å². The number of anilines is 1. The van der Waals surface area contributed by atoms with Crippen LogP contribution in [0.5, 0.6) is 0 Å². The maximum Gasteiger partial charge on any atom is 0.276 e. The summed E-state index contributed by atoms with van der Waals surface area (Å²) in [6, 6.07) is -0.688. The van der Waals surface area contributed by atoms with E-state index in [1.165, 1.54) is 18.4 Å². The highest BCUT2D eigenvalue weighted by molar-refractivity contribution is 8.01. The summed E-state index contributed by atoms with van der Waals surface area (Å²) in [5, 5.41) is 11.3.